The van der Waals surface area contributed by atoms with E-state index in [9.17, 15) is 0 Å². The Morgan fingerprint density at radius 1 is 0.333 bits per heavy atom. The first-order valence-electron chi connectivity index (χ1n) is 23.2. The summed E-state index contributed by atoms with van der Waals surface area (Å²) >= 11 is 0. The van der Waals surface area contributed by atoms with E-state index in [0.29, 0.717) is 0 Å². The van der Waals surface area contributed by atoms with Crippen molar-refractivity contribution in [2.24, 2.45) is 0 Å². The summed E-state index contributed by atoms with van der Waals surface area (Å²) in [6, 6.07) is 86.1. The van der Waals surface area contributed by atoms with Crippen molar-refractivity contribution in [1.82, 2.24) is 4.57 Å². The van der Waals surface area contributed by atoms with Crippen LogP contribution in [0.15, 0.2) is 231 Å². The Morgan fingerprint density at radius 2 is 0.833 bits per heavy atom. The molecule has 1 spiro atoms. The van der Waals surface area contributed by atoms with Crippen LogP contribution in [0.2, 0.25) is 0 Å². The van der Waals surface area contributed by atoms with Crippen molar-refractivity contribution < 1.29 is 0 Å². The van der Waals surface area contributed by atoms with Crippen LogP contribution < -0.4 is 4.90 Å². The number of anilines is 3. The second-order valence-electron chi connectivity index (χ2n) is 18.8. The normalized spacial score (nSPS) is 14.2. The Balaban J connectivity index is 0.959. The van der Waals surface area contributed by atoms with Gasteiger partial charge in [0.05, 0.1) is 16.4 Å². The second-order valence-corrected chi connectivity index (χ2v) is 18.8. The van der Waals surface area contributed by atoms with E-state index in [1.165, 1.54) is 99.7 Å². The molecule has 0 saturated heterocycles. The van der Waals surface area contributed by atoms with E-state index in [2.05, 4.69) is 254 Å². The van der Waals surface area contributed by atoms with Gasteiger partial charge in [0.15, 0.2) is 0 Å². The summed E-state index contributed by atoms with van der Waals surface area (Å²) in [5, 5.41) is 2.49. The molecule has 3 aliphatic rings. The van der Waals surface area contributed by atoms with Crippen molar-refractivity contribution in [3.05, 3.63) is 264 Å². The van der Waals surface area contributed by atoms with Gasteiger partial charge in [0.1, 0.15) is 0 Å². The zero-order valence-corrected chi connectivity index (χ0v) is 36.8. The fourth-order valence-corrected chi connectivity index (χ4v) is 12.4. The molecule has 0 radical (unpaired) electrons. The van der Waals surface area contributed by atoms with Gasteiger partial charge in [-0.05, 0) is 132 Å². The highest BCUT2D eigenvalue weighted by molar-refractivity contribution is 6.10. The highest BCUT2D eigenvalue weighted by atomic mass is 15.1. The standard InChI is InChI=1S/C64H44N2/c1-63(2)54-25-11-6-19-47(54)50-37-35-44(39-59(50)63)65(45-36-38-52-51-22-10-15-30-60(51)66(61(52)40-45)42-17-4-3-5-18-42)43-33-31-41(32-34-43)46-24-16-29-58-62(46)53-23-9-14-28-57(53)64(58)55-26-12-7-20-48(55)49-21-8-13-27-56(49)64/h3-40H,1-2H3. The molecule has 0 atom stereocenters. The van der Waals surface area contributed by atoms with Crippen molar-refractivity contribution in [3.8, 4) is 50.2 Å². The molecule has 3 aliphatic carbocycles. The van der Waals surface area contributed by atoms with Gasteiger partial charge in [-0.25, -0.2) is 0 Å². The van der Waals surface area contributed by atoms with Gasteiger partial charge in [-0.1, -0.05) is 190 Å². The molecule has 0 unspecified atom stereocenters. The Labute approximate surface area is 385 Å². The van der Waals surface area contributed by atoms with Crippen molar-refractivity contribution in [2.45, 2.75) is 24.7 Å². The molecule has 0 bridgehead atoms. The molecule has 2 nitrogen and oxygen atoms in total. The van der Waals surface area contributed by atoms with E-state index in [1.807, 2.05) is 0 Å². The minimum Gasteiger partial charge on any atom is -0.310 e. The number of rotatable bonds is 5. The Kier molecular flexibility index (Phi) is 7.70. The summed E-state index contributed by atoms with van der Waals surface area (Å²) in [6.07, 6.45) is 0. The van der Waals surface area contributed by atoms with Crippen molar-refractivity contribution in [3.63, 3.8) is 0 Å². The van der Waals surface area contributed by atoms with Gasteiger partial charge in [-0.15, -0.1) is 0 Å². The number of nitrogens with zero attached hydrogens (tertiary/aromatic N) is 2. The van der Waals surface area contributed by atoms with E-state index in [4.69, 9.17) is 0 Å². The molecule has 0 N–H and O–H groups in total. The lowest BCUT2D eigenvalue weighted by Crippen LogP contribution is -2.25. The number of benzene rings is 10. The van der Waals surface area contributed by atoms with E-state index >= 15 is 0 Å². The summed E-state index contributed by atoms with van der Waals surface area (Å²) in [5.74, 6) is 0. The monoisotopic (exact) mass is 840 g/mol. The molecule has 0 saturated carbocycles. The predicted octanol–water partition coefficient (Wildman–Crippen LogP) is 16.6. The first-order valence-corrected chi connectivity index (χ1v) is 23.2. The number of fused-ring (bicyclic) bond motifs is 16. The Bertz CT molecular complexity index is 3750. The van der Waals surface area contributed by atoms with Crippen LogP contribution in [0.25, 0.3) is 72.0 Å². The lowest BCUT2D eigenvalue weighted by atomic mass is 9.70. The molecule has 11 aromatic rings. The molecular weight excluding hydrogens is 797 g/mol. The van der Waals surface area contributed by atoms with Crippen LogP contribution in [0, 0.1) is 0 Å². The van der Waals surface area contributed by atoms with E-state index in [0.717, 1.165) is 22.7 Å². The molecule has 0 aliphatic heterocycles. The van der Waals surface area contributed by atoms with Gasteiger partial charge >= 0.3 is 0 Å². The maximum Gasteiger partial charge on any atom is 0.0725 e. The molecule has 0 fully saturated rings. The van der Waals surface area contributed by atoms with Crippen LogP contribution >= 0.6 is 0 Å². The van der Waals surface area contributed by atoms with Crippen LogP contribution in [0.1, 0.15) is 47.2 Å². The highest BCUT2D eigenvalue weighted by Crippen LogP contribution is 2.64. The molecule has 1 aromatic heterocycles. The third-order valence-electron chi connectivity index (χ3n) is 15.2. The van der Waals surface area contributed by atoms with Crippen molar-refractivity contribution in [1.29, 1.82) is 0 Å². The van der Waals surface area contributed by atoms with Crippen LogP contribution in [0.4, 0.5) is 17.1 Å². The molecule has 310 valence electrons. The number of para-hydroxylation sites is 2. The lowest BCUT2D eigenvalue weighted by Gasteiger charge is -2.30. The topological polar surface area (TPSA) is 8.17 Å². The quantitative estimate of drug-likeness (QED) is 0.168. The first-order chi connectivity index (χ1) is 32.5. The fraction of sp³-hybridized carbons (Fsp3) is 0.0625. The summed E-state index contributed by atoms with van der Waals surface area (Å²) in [7, 11) is 0. The molecular formula is C64H44N2. The minimum atomic E-state index is -0.381. The van der Waals surface area contributed by atoms with Gasteiger partial charge in [0, 0.05) is 38.9 Å². The van der Waals surface area contributed by atoms with Crippen LogP contribution in [-0.4, -0.2) is 4.57 Å². The van der Waals surface area contributed by atoms with E-state index in [-0.39, 0.29) is 10.8 Å². The van der Waals surface area contributed by atoms with E-state index < -0.39 is 0 Å². The third kappa shape index (κ3) is 4.91. The largest absolute Gasteiger partial charge is 0.310 e. The number of hydrogen-bond acceptors (Lipinski definition) is 1. The molecule has 66 heavy (non-hydrogen) atoms. The number of hydrogen-bond donors (Lipinski definition) is 0. The summed E-state index contributed by atoms with van der Waals surface area (Å²) in [4.78, 5) is 2.46. The zero-order chi connectivity index (χ0) is 43.7. The summed E-state index contributed by atoms with van der Waals surface area (Å²) < 4.78 is 2.42. The van der Waals surface area contributed by atoms with Crippen molar-refractivity contribution in [2.75, 3.05) is 4.90 Å². The van der Waals surface area contributed by atoms with Gasteiger partial charge in [-0.3, -0.25) is 0 Å². The highest BCUT2D eigenvalue weighted by Gasteiger charge is 2.52. The van der Waals surface area contributed by atoms with E-state index in [1.54, 1.807) is 0 Å². The third-order valence-corrected chi connectivity index (χ3v) is 15.2. The lowest BCUT2D eigenvalue weighted by molar-refractivity contribution is 0.660. The van der Waals surface area contributed by atoms with Crippen LogP contribution in [0.5, 0.6) is 0 Å². The fourth-order valence-electron chi connectivity index (χ4n) is 12.4. The Morgan fingerprint density at radius 3 is 1.56 bits per heavy atom. The maximum absolute atomic E-state index is 2.46. The maximum atomic E-state index is 2.46. The molecule has 2 heteroatoms. The SMILES string of the molecule is CC1(C)c2ccccc2-c2ccc(N(c3ccc(-c4cccc5c4-c4ccccc4C54c5ccccc5-c5ccccc54)cc3)c3ccc4c5ccccc5n(-c5ccccc5)c4c3)cc21. The average Bonchev–Trinajstić information content (AvgIpc) is 4.05. The summed E-state index contributed by atoms with van der Waals surface area (Å²) in [6.45, 7) is 4.74. The second kappa shape index (κ2) is 13.7. The smallest absolute Gasteiger partial charge is 0.0725 e. The molecule has 0 amide bonds. The average molecular weight is 841 g/mol. The van der Waals surface area contributed by atoms with Crippen molar-refractivity contribution >= 4 is 38.9 Å². The predicted molar refractivity (Wildman–Crippen MR) is 275 cm³/mol. The zero-order valence-electron chi connectivity index (χ0n) is 36.8. The summed E-state index contributed by atoms with van der Waals surface area (Å²) in [5.41, 5.74) is 24.9. The van der Waals surface area contributed by atoms with Crippen LogP contribution in [-0.2, 0) is 10.8 Å². The Hall–Kier alpha value is -8.20. The molecule has 1 heterocycles. The first kappa shape index (κ1) is 37.2. The minimum absolute atomic E-state index is 0.136. The number of aromatic nitrogens is 1. The van der Waals surface area contributed by atoms with Crippen LogP contribution in [0.3, 0.4) is 0 Å². The van der Waals surface area contributed by atoms with Gasteiger partial charge in [0.25, 0.3) is 0 Å². The molecule has 14 rings (SSSR count). The molecule has 10 aromatic carbocycles. The van der Waals surface area contributed by atoms with Gasteiger partial charge in [0.2, 0.25) is 0 Å². The van der Waals surface area contributed by atoms with Gasteiger partial charge in [-0.2, -0.15) is 0 Å². The van der Waals surface area contributed by atoms with Gasteiger partial charge < -0.3 is 9.47 Å².